The maximum atomic E-state index is 11.2. The number of halogens is 1. The van der Waals surface area contributed by atoms with E-state index in [0.29, 0.717) is 17.5 Å². The molecular formula is C16H14ClN3O2. The van der Waals surface area contributed by atoms with Gasteiger partial charge in [-0.3, -0.25) is 14.8 Å². The fraction of sp³-hybridized carbons (Fsp3) is 0.0625. The van der Waals surface area contributed by atoms with E-state index in [9.17, 15) is 4.79 Å². The molecular weight excluding hydrogens is 302 g/mol. The molecule has 0 atom stereocenters. The molecule has 3 aromatic rings. The van der Waals surface area contributed by atoms with Crippen molar-refractivity contribution in [3.05, 3.63) is 59.7 Å². The van der Waals surface area contributed by atoms with Crippen molar-refractivity contribution in [2.24, 2.45) is 0 Å². The summed E-state index contributed by atoms with van der Waals surface area (Å²) < 4.78 is 6.79. The average molecular weight is 316 g/mol. The third-order valence-electron chi connectivity index (χ3n) is 3.29. The molecule has 2 heterocycles. The molecule has 0 saturated heterocycles. The smallest absolute Gasteiger partial charge is 0.153 e. The second-order valence-corrected chi connectivity index (χ2v) is 4.52. The molecule has 0 aliphatic heterocycles. The predicted octanol–water partition coefficient (Wildman–Crippen LogP) is 2.75. The van der Waals surface area contributed by atoms with Crippen molar-refractivity contribution >= 4 is 29.7 Å². The Morgan fingerprint density at radius 3 is 2.59 bits per heavy atom. The van der Waals surface area contributed by atoms with Gasteiger partial charge in [0.2, 0.25) is 0 Å². The van der Waals surface area contributed by atoms with Crippen LogP contribution in [-0.2, 0) is 0 Å². The number of nitrogens with zero attached hydrogens (tertiary/aromatic N) is 2. The second kappa shape index (κ2) is 6.41. The van der Waals surface area contributed by atoms with E-state index < -0.39 is 0 Å². The first-order chi connectivity index (χ1) is 10.2. The number of hydrogen-bond donors (Lipinski definition) is 1. The van der Waals surface area contributed by atoms with Crippen LogP contribution in [0.15, 0.2) is 48.7 Å². The van der Waals surface area contributed by atoms with Crippen LogP contribution in [0, 0.1) is 5.41 Å². The number of aromatic nitrogens is 2. The lowest BCUT2D eigenvalue weighted by molar-refractivity contribution is 0.112. The zero-order valence-corrected chi connectivity index (χ0v) is 12.6. The van der Waals surface area contributed by atoms with Crippen molar-refractivity contribution in [1.82, 2.24) is 9.55 Å². The maximum absolute atomic E-state index is 11.2. The summed E-state index contributed by atoms with van der Waals surface area (Å²) in [6, 6.07) is 12.6. The van der Waals surface area contributed by atoms with Gasteiger partial charge < -0.3 is 4.74 Å². The van der Waals surface area contributed by atoms with Crippen LogP contribution in [-0.4, -0.2) is 22.9 Å². The van der Waals surface area contributed by atoms with Gasteiger partial charge in [-0.25, -0.2) is 4.98 Å². The molecule has 3 rings (SSSR count). The molecule has 0 fully saturated rings. The summed E-state index contributed by atoms with van der Waals surface area (Å²) in [5.41, 5.74) is 1.83. The summed E-state index contributed by atoms with van der Waals surface area (Å²) in [6.45, 7) is 0. The van der Waals surface area contributed by atoms with Gasteiger partial charge in [-0.15, -0.1) is 12.4 Å². The minimum Gasteiger partial charge on any atom is -0.497 e. The Bertz CT molecular complexity index is 873. The van der Waals surface area contributed by atoms with Crippen molar-refractivity contribution in [2.45, 2.75) is 0 Å². The number of pyridine rings is 2. The van der Waals surface area contributed by atoms with E-state index in [4.69, 9.17) is 10.1 Å². The van der Waals surface area contributed by atoms with Crippen molar-refractivity contribution in [3.63, 3.8) is 0 Å². The van der Waals surface area contributed by atoms with Gasteiger partial charge in [0.1, 0.15) is 16.9 Å². The Kier molecular flexibility index (Phi) is 4.58. The Morgan fingerprint density at radius 1 is 1.23 bits per heavy atom. The number of carbonyl (C=O) groups excluding carboxylic acids is 1. The summed E-state index contributed by atoms with van der Waals surface area (Å²) in [5.74, 6) is 0.731. The van der Waals surface area contributed by atoms with Gasteiger partial charge in [-0.05, 0) is 42.5 Å². The predicted molar refractivity (Wildman–Crippen MR) is 86.1 cm³/mol. The number of ether oxygens (including phenoxy) is 1. The quantitative estimate of drug-likeness (QED) is 0.756. The van der Waals surface area contributed by atoms with Crippen LogP contribution in [0.5, 0.6) is 5.75 Å². The number of nitrogens with one attached hydrogen (secondary N) is 1. The van der Waals surface area contributed by atoms with Crippen LogP contribution >= 0.6 is 12.4 Å². The van der Waals surface area contributed by atoms with Crippen molar-refractivity contribution in [3.8, 4) is 11.4 Å². The van der Waals surface area contributed by atoms with E-state index in [-0.39, 0.29) is 17.9 Å². The van der Waals surface area contributed by atoms with E-state index in [2.05, 4.69) is 4.98 Å². The Morgan fingerprint density at radius 2 is 1.95 bits per heavy atom. The molecule has 1 aromatic carbocycles. The Balaban J connectivity index is 0.00000176. The van der Waals surface area contributed by atoms with Crippen LogP contribution in [0.1, 0.15) is 10.4 Å². The third kappa shape index (κ3) is 2.58. The largest absolute Gasteiger partial charge is 0.497 e. The molecule has 0 aliphatic rings. The monoisotopic (exact) mass is 315 g/mol. The molecule has 0 saturated carbocycles. The topological polar surface area (TPSA) is 68.0 Å². The first kappa shape index (κ1) is 15.7. The highest BCUT2D eigenvalue weighted by Gasteiger charge is 2.09. The van der Waals surface area contributed by atoms with Crippen LogP contribution in [0.3, 0.4) is 0 Å². The Labute approximate surface area is 133 Å². The first-order valence-corrected chi connectivity index (χ1v) is 6.39. The molecule has 22 heavy (non-hydrogen) atoms. The van der Waals surface area contributed by atoms with E-state index in [1.807, 2.05) is 30.3 Å². The average Bonchev–Trinajstić information content (AvgIpc) is 2.54. The number of benzene rings is 1. The maximum Gasteiger partial charge on any atom is 0.153 e. The van der Waals surface area contributed by atoms with Gasteiger partial charge in [0.25, 0.3) is 0 Å². The van der Waals surface area contributed by atoms with Gasteiger partial charge >= 0.3 is 0 Å². The molecule has 1 N–H and O–H groups in total. The van der Waals surface area contributed by atoms with Gasteiger partial charge in [-0.1, -0.05) is 0 Å². The molecule has 0 amide bonds. The van der Waals surface area contributed by atoms with Crippen LogP contribution in [0.4, 0.5) is 0 Å². The first-order valence-electron chi connectivity index (χ1n) is 6.39. The highest BCUT2D eigenvalue weighted by atomic mass is 35.5. The summed E-state index contributed by atoms with van der Waals surface area (Å²) in [4.78, 5) is 15.5. The normalized spacial score (nSPS) is 10.0. The van der Waals surface area contributed by atoms with Crippen molar-refractivity contribution < 1.29 is 9.53 Å². The lowest BCUT2D eigenvalue weighted by Crippen LogP contribution is -2.23. The fourth-order valence-corrected chi connectivity index (χ4v) is 2.25. The molecule has 0 unspecified atom stereocenters. The van der Waals surface area contributed by atoms with E-state index >= 15 is 0 Å². The second-order valence-electron chi connectivity index (χ2n) is 4.52. The summed E-state index contributed by atoms with van der Waals surface area (Å²) >= 11 is 0. The molecule has 0 aliphatic carbocycles. The standard InChI is InChI=1S/C16H13N3O2.ClH/c1-21-14-6-4-13(5-7-14)19-15(17)12(10-20)9-11-3-2-8-18-16(11)19;/h2-10,17H,1H3;1H. The highest BCUT2D eigenvalue weighted by molar-refractivity contribution is 5.85. The molecule has 0 radical (unpaired) electrons. The molecule has 6 heteroatoms. The van der Waals surface area contributed by atoms with Crippen LogP contribution in [0.25, 0.3) is 16.7 Å². The van der Waals surface area contributed by atoms with E-state index in [1.54, 1.807) is 30.0 Å². The number of carbonyl (C=O) groups is 1. The number of aldehydes is 1. The Hall–Kier alpha value is -2.66. The molecule has 5 nitrogen and oxygen atoms in total. The number of fused-ring (bicyclic) bond motifs is 1. The minimum absolute atomic E-state index is 0. The van der Waals surface area contributed by atoms with Crippen molar-refractivity contribution in [1.29, 1.82) is 5.41 Å². The zero-order chi connectivity index (χ0) is 14.8. The fourth-order valence-electron chi connectivity index (χ4n) is 2.25. The van der Waals surface area contributed by atoms with Crippen LogP contribution < -0.4 is 10.2 Å². The third-order valence-corrected chi connectivity index (χ3v) is 3.29. The number of methoxy groups -OCH3 is 1. The molecule has 112 valence electrons. The molecule has 0 spiro atoms. The lowest BCUT2D eigenvalue weighted by atomic mass is 10.2. The summed E-state index contributed by atoms with van der Waals surface area (Å²) in [6.07, 6.45) is 2.36. The summed E-state index contributed by atoms with van der Waals surface area (Å²) in [5, 5.41) is 9.04. The van der Waals surface area contributed by atoms with Gasteiger partial charge in [0.15, 0.2) is 6.29 Å². The van der Waals surface area contributed by atoms with Crippen molar-refractivity contribution in [2.75, 3.05) is 7.11 Å². The van der Waals surface area contributed by atoms with E-state index in [0.717, 1.165) is 16.8 Å². The highest BCUT2D eigenvalue weighted by Crippen LogP contribution is 2.18. The van der Waals surface area contributed by atoms with Gasteiger partial charge in [0.05, 0.1) is 12.7 Å². The number of hydrogen-bond acceptors (Lipinski definition) is 4. The van der Waals surface area contributed by atoms with Crippen LogP contribution in [0.2, 0.25) is 0 Å². The lowest BCUT2D eigenvalue weighted by Gasteiger charge is -2.12. The molecule has 2 aromatic heterocycles. The minimum atomic E-state index is 0. The van der Waals surface area contributed by atoms with Gasteiger partial charge in [-0.2, -0.15) is 0 Å². The summed E-state index contributed by atoms with van der Waals surface area (Å²) in [7, 11) is 1.60. The SMILES string of the molecule is COc1ccc(-n2c(=N)c(C=O)cc3cccnc32)cc1.Cl. The van der Waals surface area contributed by atoms with Gasteiger partial charge in [0, 0.05) is 17.3 Å². The number of rotatable bonds is 3. The molecule has 0 bridgehead atoms. The zero-order valence-electron chi connectivity index (χ0n) is 11.8. The van der Waals surface area contributed by atoms with E-state index in [1.165, 1.54) is 0 Å².